The second-order valence-corrected chi connectivity index (χ2v) is 9.86. The molecule has 1 aliphatic rings. The molecular weight excluding hydrogens is 476 g/mol. The van der Waals surface area contributed by atoms with Crippen molar-refractivity contribution in [1.29, 1.82) is 5.26 Å². The lowest BCUT2D eigenvalue weighted by molar-refractivity contribution is -0.153. The summed E-state index contributed by atoms with van der Waals surface area (Å²) in [5, 5.41) is 21.3. The van der Waals surface area contributed by atoms with Crippen LogP contribution in [-0.4, -0.2) is 39.5 Å². The molecule has 38 heavy (non-hydrogen) atoms. The lowest BCUT2D eigenvalue weighted by atomic mass is 9.99. The van der Waals surface area contributed by atoms with Crippen molar-refractivity contribution in [3.8, 4) is 17.2 Å². The fourth-order valence-corrected chi connectivity index (χ4v) is 5.19. The first kappa shape index (κ1) is 25.8. The molecule has 0 unspecified atom stereocenters. The van der Waals surface area contributed by atoms with Crippen molar-refractivity contribution in [2.75, 3.05) is 13.7 Å². The molecule has 3 aromatic carbocycles. The minimum absolute atomic E-state index is 0.0343. The molecular formula is C31H32N4O3. The average molecular weight is 509 g/mol. The van der Waals surface area contributed by atoms with Crippen molar-refractivity contribution < 1.29 is 9.94 Å². The molecule has 0 radical (unpaired) electrons. The first-order chi connectivity index (χ1) is 18.5. The van der Waals surface area contributed by atoms with Crippen LogP contribution in [-0.2, 0) is 17.8 Å². The number of aliphatic hydroxyl groups excluding tert-OH is 1. The standard InChI is InChI=1S/C31H32N4O3/c1-3-4-9-30-33-28-15-14-23(29-17-25(20-36)38-34(29)2)16-27(28)31(37)35(30)19-21-10-12-22(13-11-21)26-8-6-5-7-24(26)18-32/h5-8,10-16,25,29,36H,3-4,9,17,19-20H2,1-2H3/t25-,29+/m0/s1. The van der Waals surface area contributed by atoms with Crippen molar-refractivity contribution in [2.24, 2.45) is 0 Å². The fourth-order valence-electron chi connectivity index (χ4n) is 5.19. The summed E-state index contributed by atoms with van der Waals surface area (Å²) >= 11 is 0. The van der Waals surface area contributed by atoms with Crippen LogP contribution < -0.4 is 5.56 Å². The van der Waals surface area contributed by atoms with Crippen molar-refractivity contribution in [3.63, 3.8) is 0 Å². The zero-order valence-corrected chi connectivity index (χ0v) is 21.8. The van der Waals surface area contributed by atoms with Gasteiger partial charge in [-0.2, -0.15) is 10.3 Å². The summed E-state index contributed by atoms with van der Waals surface area (Å²) in [7, 11) is 1.85. The van der Waals surface area contributed by atoms with Crippen molar-refractivity contribution in [3.05, 3.63) is 99.6 Å². The Kier molecular flexibility index (Phi) is 7.66. The molecule has 1 fully saturated rings. The molecule has 4 aromatic rings. The topological polar surface area (TPSA) is 91.4 Å². The van der Waals surface area contributed by atoms with Gasteiger partial charge in [0.05, 0.1) is 41.7 Å². The van der Waals surface area contributed by atoms with Gasteiger partial charge in [0, 0.05) is 13.5 Å². The third-order valence-corrected chi connectivity index (χ3v) is 7.29. The minimum Gasteiger partial charge on any atom is -0.394 e. The smallest absolute Gasteiger partial charge is 0.261 e. The maximum Gasteiger partial charge on any atom is 0.261 e. The van der Waals surface area contributed by atoms with Crippen molar-refractivity contribution in [2.45, 2.75) is 51.3 Å². The van der Waals surface area contributed by atoms with Crippen LogP contribution in [0.15, 0.2) is 71.5 Å². The summed E-state index contributed by atoms with van der Waals surface area (Å²) in [6, 6.07) is 23.7. The number of rotatable bonds is 8. The number of nitriles is 1. The molecule has 0 saturated carbocycles. The number of fused-ring (bicyclic) bond motifs is 1. The van der Waals surface area contributed by atoms with E-state index in [2.05, 4.69) is 13.0 Å². The maximum absolute atomic E-state index is 13.9. The zero-order valence-electron chi connectivity index (χ0n) is 21.8. The molecule has 0 spiro atoms. The fraction of sp³-hybridized carbons (Fsp3) is 0.323. The van der Waals surface area contributed by atoms with E-state index in [1.807, 2.05) is 73.8 Å². The Morgan fingerprint density at radius 3 is 2.63 bits per heavy atom. The van der Waals surface area contributed by atoms with E-state index >= 15 is 0 Å². The highest BCUT2D eigenvalue weighted by Gasteiger charge is 2.32. The predicted octanol–water partition coefficient (Wildman–Crippen LogP) is 5.00. The second kappa shape index (κ2) is 11.3. The highest BCUT2D eigenvalue weighted by atomic mass is 16.7. The first-order valence-electron chi connectivity index (χ1n) is 13.1. The summed E-state index contributed by atoms with van der Waals surface area (Å²) in [6.07, 6.45) is 3.12. The number of aryl methyl sites for hydroxylation is 1. The third kappa shape index (κ3) is 5.11. The third-order valence-electron chi connectivity index (χ3n) is 7.29. The van der Waals surface area contributed by atoms with Gasteiger partial charge in [-0.15, -0.1) is 0 Å². The van der Waals surface area contributed by atoms with Gasteiger partial charge in [0.25, 0.3) is 5.56 Å². The molecule has 194 valence electrons. The van der Waals surface area contributed by atoms with Crippen LogP contribution >= 0.6 is 0 Å². The van der Waals surface area contributed by atoms with Crippen LogP contribution in [0.3, 0.4) is 0 Å². The molecule has 7 nitrogen and oxygen atoms in total. The molecule has 7 heteroatoms. The Balaban J connectivity index is 1.51. The van der Waals surface area contributed by atoms with Gasteiger partial charge in [-0.1, -0.05) is 61.9 Å². The second-order valence-electron chi connectivity index (χ2n) is 9.86. The molecule has 5 rings (SSSR count). The van der Waals surface area contributed by atoms with E-state index in [-0.39, 0.29) is 24.3 Å². The first-order valence-corrected chi connectivity index (χ1v) is 13.1. The summed E-state index contributed by atoms with van der Waals surface area (Å²) in [6.45, 7) is 2.52. The number of hydrogen-bond acceptors (Lipinski definition) is 6. The summed E-state index contributed by atoms with van der Waals surface area (Å²) in [5.74, 6) is 0.790. The van der Waals surface area contributed by atoms with E-state index in [1.54, 1.807) is 9.63 Å². The van der Waals surface area contributed by atoms with Crippen LogP contribution in [0.1, 0.15) is 54.7 Å². The normalized spacial score (nSPS) is 17.6. The van der Waals surface area contributed by atoms with Gasteiger partial charge in [-0.3, -0.25) is 14.2 Å². The molecule has 2 atom stereocenters. The Labute approximate surface area is 222 Å². The molecule has 0 aliphatic carbocycles. The highest BCUT2D eigenvalue weighted by molar-refractivity contribution is 5.78. The molecule has 1 aromatic heterocycles. The van der Waals surface area contributed by atoms with Gasteiger partial charge in [-0.25, -0.2) is 4.98 Å². The van der Waals surface area contributed by atoms with E-state index in [0.717, 1.165) is 47.3 Å². The Hall–Kier alpha value is -3.83. The Morgan fingerprint density at radius 2 is 1.92 bits per heavy atom. The molecule has 0 amide bonds. The van der Waals surface area contributed by atoms with Crippen molar-refractivity contribution in [1.82, 2.24) is 14.6 Å². The van der Waals surface area contributed by atoms with E-state index < -0.39 is 0 Å². The van der Waals surface area contributed by atoms with Gasteiger partial charge >= 0.3 is 0 Å². The number of hydroxylamine groups is 2. The largest absolute Gasteiger partial charge is 0.394 e. The Bertz CT molecular complexity index is 1540. The van der Waals surface area contributed by atoms with Crippen molar-refractivity contribution >= 4 is 10.9 Å². The lowest BCUT2D eigenvalue weighted by Crippen LogP contribution is -2.26. The zero-order chi connectivity index (χ0) is 26.6. The average Bonchev–Trinajstić information content (AvgIpc) is 3.34. The SMILES string of the molecule is CCCCc1nc2ccc([C@H]3C[C@@H](CO)ON3C)cc2c(=O)n1Cc1ccc(-c2ccccc2C#N)cc1. The molecule has 1 aliphatic heterocycles. The summed E-state index contributed by atoms with van der Waals surface area (Å²) < 4.78 is 1.80. The van der Waals surface area contributed by atoms with Crippen LogP contribution in [0, 0.1) is 11.3 Å². The number of unbranched alkanes of at least 4 members (excludes halogenated alkanes) is 1. The Morgan fingerprint density at radius 1 is 1.13 bits per heavy atom. The van der Waals surface area contributed by atoms with Gasteiger partial charge < -0.3 is 5.11 Å². The van der Waals surface area contributed by atoms with E-state index in [1.165, 1.54) is 0 Å². The predicted molar refractivity (Wildman–Crippen MR) is 147 cm³/mol. The number of aromatic nitrogens is 2. The molecule has 1 N–H and O–H groups in total. The van der Waals surface area contributed by atoms with Crippen LogP contribution in [0.2, 0.25) is 0 Å². The maximum atomic E-state index is 13.9. The molecule has 2 heterocycles. The number of benzene rings is 3. The number of nitrogens with zero attached hydrogens (tertiary/aromatic N) is 4. The lowest BCUT2D eigenvalue weighted by Gasteiger charge is -2.19. The molecule has 0 bridgehead atoms. The monoisotopic (exact) mass is 508 g/mol. The van der Waals surface area contributed by atoms with Gasteiger partial charge in [0.15, 0.2) is 0 Å². The van der Waals surface area contributed by atoms with Gasteiger partial charge in [-0.05, 0) is 53.3 Å². The number of aliphatic hydroxyl groups is 1. The van der Waals surface area contributed by atoms with Crippen LogP contribution in [0.25, 0.3) is 22.0 Å². The van der Waals surface area contributed by atoms with E-state index in [9.17, 15) is 15.2 Å². The van der Waals surface area contributed by atoms with E-state index in [0.29, 0.717) is 29.4 Å². The summed E-state index contributed by atoms with van der Waals surface area (Å²) in [4.78, 5) is 24.5. The van der Waals surface area contributed by atoms with Crippen LogP contribution in [0.4, 0.5) is 0 Å². The van der Waals surface area contributed by atoms with Gasteiger partial charge in [0.2, 0.25) is 0 Å². The minimum atomic E-state index is -0.241. The van der Waals surface area contributed by atoms with E-state index in [4.69, 9.17) is 9.82 Å². The van der Waals surface area contributed by atoms with Crippen LogP contribution in [0.5, 0.6) is 0 Å². The quantitative estimate of drug-likeness (QED) is 0.360. The van der Waals surface area contributed by atoms with Gasteiger partial charge in [0.1, 0.15) is 11.9 Å². The highest BCUT2D eigenvalue weighted by Crippen LogP contribution is 2.33. The summed E-state index contributed by atoms with van der Waals surface area (Å²) in [5.41, 5.74) is 5.11. The number of hydrogen-bond donors (Lipinski definition) is 1. The molecule has 1 saturated heterocycles.